The minimum atomic E-state index is -4.68. The molecule has 0 radical (unpaired) electrons. The molecule has 0 heterocycles. The molecule has 0 aliphatic heterocycles. The Balaban J connectivity index is 2.16. The van der Waals surface area contributed by atoms with E-state index >= 15 is 0 Å². The van der Waals surface area contributed by atoms with Crippen molar-refractivity contribution in [3.05, 3.63) is 46.4 Å². The van der Waals surface area contributed by atoms with Gasteiger partial charge in [-0.05, 0) is 18.2 Å². The average molecular weight is 477 g/mol. The van der Waals surface area contributed by atoms with Crippen LogP contribution >= 0.6 is 23.2 Å². The molecule has 0 fully saturated rings. The first-order valence-electron chi connectivity index (χ1n) is 7.88. The smallest absolute Gasteiger partial charge is 0.422 e. The van der Waals surface area contributed by atoms with Crippen LogP contribution in [-0.2, 0) is 0 Å². The highest BCUT2D eigenvalue weighted by Gasteiger charge is 2.30. The summed E-state index contributed by atoms with van der Waals surface area (Å²) in [5.41, 5.74) is 0.0596. The fraction of sp³-hybridized carbons (Fsp3) is 0.235. The molecule has 13 heteroatoms. The fourth-order valence-corrected chi connectivity index (χ4v) is 2.31. The van der Waals surface area contributed by atoms with Gasteiger partial charge in [-0.1, -0.05) is 23.2 Å². The first-order chi connectivity index (χ1) is 13.8. The highest BCUT2D eigenvalue weighted by molar-refractivity contribution is 6.42. The second-order valence-electron chi connectivity index (χ2n) is 5.71. The van der Waals surface area contributed by atoms with Crippen LogP contribution in [0.2, 0.25) is 10.0 Å². The average Bonchev–Trinajstić information content (AvgIpc) is 2.60. The molecular formula is C17H12Cl2F6N2O3. The van der Waals surface area contributed by atoms with Crippen LogP contribution in [0.3, 0.4) is 0 Å². The van der Waals surface area contributed by atoms with Crippen LogP contribution in [0.15, 0.2) is 36.4 Å². The van der Waals surface area contributed by atoms with Gasteiger partial charge in [0.15, 0.2) is 13.2 Å². The van der Waals surface area contributed by atoms with E-state index in [9.17, 15) is 31.1 Å². The number of ether oxygens (including phenoxy) is 2. The first kappa shape index (κ1) is 23.7. The summed E-state index contributed by atoms with van der Waals surface area (Å²) < 4.78 is 83.2. The second-order valence-corrected chi connectivity index (χ2v) is 6.52. The molecule has 2 amide bonds. The molecule has 0 spiro atoms. The van der Waals surface area contributed by atoms with Crippen LogP contribution in [0.4, 0.5) is 42.5 Å². The van der Waals surface area contributed by atoms with Crippen molar-refractivity contribution >= 4 is 40.6 Å². The van der Waals surface area contributed by atoms with E-state index in [1.54, 1.807) is 0 Å². The van der Waals surface area contributed by atoms with Crippen LogP contribution in [0.5, 0.6) is 11.5 Å². The first-order valence-corrected chi connectivity index (χ1v) is 8.63. The summed E-state index contributed by atoms with van der Waals surface area (Å²) in [5, 5.41) is 5.02. The highest BCUT2D eigenvalue weighted by atomic mass is 35.5. The summed E-state index contributed by atoms with van der Waals surface area (Å²) in [6.45, 7) is -3.38. The highest BCUT2D eigenvalue weighted by Crippen LogP contribution is 2.30. The zero-order valence-electron chi connectivity index (χ0n) is 14.6. The third-order valence-corrected chi connectivity index (χ3v) is 3.86. The van der Waals surface area contributed by atoms with Gasteiger partial charge in [-0.15, -0.1) is 0 Å². The van der Waals surface area contributed by atoms with Crippen molar-refractivity contribution in [2.45, 2.75) is 12.4 Å². The van der Waals surface area contributed by atoms with Crippen LogP contribution in [-0.4, -0.2) is 31.6 Å². The normalized spacial score (nSPS) is 11.7. The summed E-state index contributed by atoms with van der Waals surface area (Å²) in [4.78, 5) is 12.1. The molecular weight excluding hydrogens is 465 g/mol. The molecule has 0 unspecified atom stereocenters. The van der Waals surface area contributed by atoms with Gasteiger partial charge < -0.3 is 20.1 Å². The fourth-order valence-electron chi connectivity index (χ4n) is 2.01. The molecule has 5 nitrogen and oxygen atoms in total. The minimum absolute atomic E-state index is 0.153. The largest absolute Gasteiger partial charge is 0.484 e. The zero-order valence-corrected chi connectivity index (χ0v) is 16.1. The van der Waals surface area contributed by atoms with Crippen LogP contribution in [0, 0.1) is 0 Å². The van der Waals surface area contributed by atoms with Gasteiger partial charge in [-0.25, -0.2) is 4.79 Å². The molecule has 0 bridgehead atoms. The molecule has 164 valence electrons. The number of nitrogens with one attached hydrogen (secondary N) is 2. The maximum Gasteiger partial charge on any atom is 0.422 e. The maximum absolute atomic E-state index is 12.4. The summed E-state index contributed by atoms with van der Waals surface area (Å²) >= 11 is 11.6. The lowest BCUT2D eigenvalue weighted by Crippen LogP contribution is -2.21. The van der Waals surface area contributed by atoms with Crippen molar-refractivity contribution in [3.8, 4) is 11.5 Å². The van der Waals surface area contributed by atoms with E-state index in [0.717, 1.165) is 18.2 Å². The number of carbonyl (C=O) groups excluding carboxylic acids is 1. The van der Waals surface area contributed by atoms with E-state index in [1.165, 1.54) is 18.2 Å². The Bertz CT molecular complexity index is 870. The number of anilines is 2. The second kappa shape index (κ2) is 9.52. The Hall–Kier alpha value is -2.53. The van der Waals surface area contributed by atoms with E-state index in [4.69, 9.17) is 23.2 Å². The molecule has 0 aliphatic rings. The Labute approximate surface area is 175 Å². The number of alkyl halides is 6. The van der Waals surface area contributed by atoms with E-state index in [1.807, 2.05) is 0 Å². The van der Waals surface area contributed by atoms with E-state index in [0.29, 0.717) is 0 Å². The predicted octanol–water partition coefficient (Wildman–Crippen LogP) is 6.52. The Morgan fingerprint density at radius 1 is 0.767 bits per heavy atom. The molecule has 0 aliphatic carbocycles. The number of benzene rings is 2. The monoisotopic (exact) mass is 476 g/mol. The van der Waals surface area contributed by atoms with Gasteiger partial charge >= 0.3 is 18.4 Å². The van der Waals surface area contributed by atoms with Gasteiger partial charge in [0.1, 0.15) is 11.5 Å². The van der Waals surface area contributed by atoms with Crippen LogP contribution in [0.25, 0.3) is 0 Å². The topological polar surface area (TPSA) is 59.6 Å². The number of carbonyl (C=O) groups is 1. The molecule has 2 aromatic rings. The standard InChI is InChI=1S/C17H12Cl2F6N2O3/c18-13-2-1-9(5-14(13)19)26-15(28)27-10-3-11(29-7-16(20,21)22)6-12(4-10)30-8-17(23,24)25/h1-6H,7-8H2,(H2,26,27,28). The molecule has 2 N–H and O–H groups in total. The molecule has 0 saturated heterocycles. The Morgan fingerprint density at radius 3 is 1.73 bits per heavy atom. The Kier molecular flexibility index (Phi) is 7.54. The summed E-state index contributed by atoms with van der Waals surface area (Å²) in [5.74, 6) is -0.923. The van der Waals surface area contributed by atoms with E-state index in [2.05, 4.69) is 20.1 Å². The zero-order chi connectivity index (χ0) is 22.5. The van der Waals surface area contributed by atoms with E-state index in [-0.39, 0.29) is 21.4 Å². The van der Waals surface area contributed by atoms with Crippen molar-refractivity contribution in [1.29, 1.82) is 0 Å². The lowest BCUT2D eigenvalue weighted by Gasteiger charge is -2.15. The molecule has 2 rings (SSSR count). The van der Waals surface area contributed by atoms with Gasteiger partial charge in [0.05, 0.1) is 10.0 Å². The SMILES string of the molecule is O=C(Nc1cc(OCC(F)(F)F)cc(OCC(F)(F)F)c1)Nc1ccc(Cl)c(Cl)c1. The predicted molar refractivity (Wildman–Crippen MR) is 98.6 cm³/mol. The van der Waals surface area contributed by atoms with Crippen molar-refractivity contribution in [3.63, 3.8) is 0 Å². The molecule has 30 heavy (non-hydrogen) atoms. The van der Waals surface area contributed by atoms with Crippen molar-refractivity contribution in [1.82, 2.24) is 0 Å². The number of urea groups is 1. The van der Waals surface area contributed by atoms with Crippen molar-refractivity contribution in [2.75, 3.05) is 23.8 Å². The molecule has 0 saturated carbocycles. The van der Waals surface area contributed by atoms with Gasteiger partial charge in [0.25, 0.3) is 0 Å². The third kappa shape index (κ3) is 8.46. The van der Waals surface area contributed by atoms with Crippen molar-refractivity contribution < 1.29 is 40.6 Å². The lowest BCUT2D eigenvalue weighted by atomic mass is 10.2. The van der Waals surface area contributed by atoms with Gasteiger partial charge in [-0.3, -0.25) is 0 Å². The van der Waals surface area contributed by atoms with Gasteiger partial charge in [-0.2, -0.15) is 26.3 Å². The number of hydrogen-bond acceptors (Lipinski definition) is 3. The quantitative estimate of drug-likeness (QED) is 0.466. The summed E-state index contributed by atoms with van der Waals surface area (Å²) in [6.07, 6.45) is -9.36. The maximum atomic E-state index is 12.4. The van der Waals surface area contributed by atoms with Gasteiger partial charge in [0, 0.05) is 29.6 Å². The number of halogens is 8. The number of hydrogen-bond donors (Lipinski definition) is 2. The lowest BCUT2D eigenvalue weighted by molar-refractivity contribution is -0.153. The third-order valence-electron chi connectivity index (χ3n) is 3.12. The number of rotatable bonds is 6. The van der Waals surface area contributed by atoms with Crippen LogP contribution < -0.4 is 20.1 Å². The molecule has 2 aromatic carbocycles. The molecule has 0 atom stereocenters. The van der Waals surface area contributed by atoms with Crippen molar-refractivity contribution in [2.24, 2.45) is 0 Å². The molecule has 0 aromatic heterocycles. The van der Waals surface area contributed by atoms with E-state index < -0.39 is 43.1 Å². The van der Waals surface area contributed by atoms with Crippen LogP contribution in [0.1, 0.15) is 0 Å². The summed E-state index contributed by atoms with van der Waals surface area (Å²) in [6, 6.07) is 6.12. The van der Waals surface area contributed by atoms with Gasteiger partial charge in [0.2, 0.25) is 0 Å². The summed E-state index contributed by atoms with van der Waals surface area (Å²) in [7, 11) is 0. The number of amides is 2. The Morgan fingerprint density at radius 2 is 1.27 bits per heavy atom. The minimum Gasteiger partial charge on any atom is -0.484 e.